The average molecular weight is 194 g/mol. The van der Waals surface area contributed by atoms with Crippen LogP contribution in [0.5, 0.6) is 0 Å². The van der Waals surface area contributed by atoms with Crippen molar-refractivity contribution < 1.29 is 4.79 Å². The van der Waals surface area contributed by atoms with Crippen LogP contribution in [-0.2, 0) is 11.3 Å². The zero-order valence-corrected chi connectivity index (χ0v) is 7.94. The average Bonchev–Trinajstić information content (AvgIpc) is 2.46. The van der Waals surface area contributed by atoms with Gasteiger partial charge in [-0.25, -0.2) is 4.98 Å². The number of aromatic nitrogens is 2. The van der Waals surface area contributed by atoms with E-state index in [1.807, 2.05) is 10.8 Å². The first-order valence-electron chi connectivity index (χ1n) is 4.76. The second-order valence-electron chi connectivity index (χ2n) is 3.58. The molecule has 76 valence electrons. The van der Waals surface area contributed by atoms with Crippen LogP contribution < -0.4 is 11.1 Å². The maximum atomic E-state index is 10.6. The summed E-state index contributed by atoms with van der Waals surface area (Å²) in [4.78, 5) is 14.7. The summed E-state index contributed by atoms with van der Waals surface area (Å²) in [6.45, 7) is 2.64. The second kappa shape index (κ2) is 3.79. The molecule has 2 heterocycles. The number of hydrogen-bond acceptors (Lipinski definition) is 3. The zero-order valence-electron chi connectivity index (χ0n) is 7.94. The number of nitrogens with one attached hydrogen (secondary N) is 1. The molecule has 1 saturated heterocycles. The summed E-state index contributed by atoms with van der Waals surface area (Å²) in [5, 5.41) is 3.21. The highest BCUT2D eigenvalue weighted by atomic mass is 16.1. The Morgan fingerprint density at radius 1 is 1.71 bits per heavy atom. The van der Waals surface area contributed by atoms with E-state index in [0.717, 1.165) is 13.1 Å². The highest BCUT2D eigenvalue weighted by Gasteiger charge is 2.22. The number of imidazole rings is 1. The fourth-order valence-electron chi connectivity index (χ4n) is 1.59. The minimum absolute atomic E-state index is 0.267. The van der Waals surface area contributed by atoms with Crippen molar-refractivity contribution in [1.29, 1.82) is 0 Å². The molecule has 0 aromatic carbocycles. The Morgan fingerprint density at radius 2 is 2.50 bits per heavy atom. The Bertz CT molecular complexity index is 329. The molecule has 0 bridgehead atoms. The first-order chi connectivity index (χ1) is 6.77. The minimum Gasteiger partial charge on any atom is -0.370 e. The molecule has 1 aromatic heterocycles. The highest BCUT2D eigenvalue weighted by molar-refractivity contribution is 5.73. The smallest absolute Gasteiger partial charge is 0.219 e. The summed E-state index contributed by atoms with van der Waals surface area (Å²) >= 11 is 0. The van der Waals surface area contributed by atoms with Gasteiger partial charge >= 0.3 is 0 Å². The van der Waals surface area contributed by atoms with E-state index in [1.54, 1.807) is 6.33 Å². The molecule has 5 heteroatoms. The molecule has 0 unspecified atom stereocenters. The zero-order chi connectivity index (χ0) is 9.97. The number of aryl methyl sites for hydroxylation is 1. The minimum atomic E-state index is -0.267. The number of rotatable bonds is 4. The molecule has 3 N–H and O–H groups in total. The van der Waals surface area contributed by atoms with E-state index in [1.165, 1.54) is 5.69 Å². The lowest BCUT2D eigenvalue weighted by Gasteiger charge is -2.27. The van der Waals surface area contributed by atoms with Crippen LogP contribution in [0.3, 0.4) is 0 Å². The van der Waals surface area contributed by atoms with Crippen LogP contribution in [0, 0.1) is 0 Å². The van der Waals surface area contributed by atoms with Gasteiger partial charge in [-0.3, -0.25) is 4.79 Å². The Labute approximate surface area is 82.3 Å². The van der Waals surface area contributed by atoms with E-state index in [2.05, 4.69) is 10.3 Å². The molecule has 1 amide bonds. The summed E-state index contributed by atoms with van der Waals surface area (Å²) in [7, 11) is 0. The molecule has 1 fully saturated rings. The molecule has 14 heavy (non-hydrogen) atoms. The van der Waals surface area contributed by atoms with Gasteiger partial charge in [0.1, 0.15) is 0 Å². The van der Waals surface area contributed by atoms with Crippen molar-refractivity contribution in [3.63, 3.8) is 0 Å². The van der Waals surface area contributed by atoms with Crippen molar-refractivity contribution in [2.45, 2.75) is 18.9 Å². The SMILES string of the molecule is NC(=O)CCn1cncc1C1CNC1. The fraction of sp³-hybridized carbons (Fsp3) is 0.556. The van der Waals surface area contributed by atoms with E-state index >= 15 is 0 Å². The number of amides is 1. The lowest BCUT2D eigenvalue weighted by Crippen LogP contribution is -2.41. The van der Waals surface area contributed by atoms with Crippen LogP contribution in [0.4, 0.5) is 0 Å². The molecule has 5 nitrogen and oxygen atoms in total. The quantitative estimate of drug-likeness (QED) is 0.675. The van der Waals surface area contributed by atoms with Gasteiger partial charge in [0.15, 0.2) is 0 Å². The summed E-state index contributed by atoms with van der Waals surface area (Å²) in [6, 6.07) is 0. The monoisotopic (exact) mass is 194 g/mol. The van der Waals surface area contributed by atoms with Gasteiger partial charge in [0.25, 0.3) is 0 Å². The Hall–Kier alpha value is -1.36. The van der Waals surface area contributed by atoms with Crippen LogP contribution in [0.15, 0.2) is 12.5 Å². The largest absolute Gasteiger partial charge is 0.370 e. The van der Waals surface area contributed by atoms with E-state index in [4.69, 9.17) is 5.73 Å². The van der Waals surface area contributed by atoms with Gasteiger partial charge in [0.05, 0.1) is 6.33 Å². The number of carbonyl (C=O) groups excluding carboxylic acids is 1. The van der Waals surface area contributed by atoms with Gasteiger partial charge < -0.3 is 15.6 Å². The standard InChI is InChI=1S/C9H14N4O/c10-9(14)1-2-13-6-12-5-8(13)7-3-11-4-7/h5-7,11H,1-4H2,(H2,10,14). The van der Waals surface area contributed by atoms with Crippen LogP contribution >= 0.6 is 0 Å². The van der Waals surface area contributed by atoms with Crippen LogP contribution in [-0.4, -0.2) is 28.5 Å². The predicted molar refractivity (Wildman–Crippen MR) is 51.6 cm³/mol. The maximum absolute atomic E-state index is 10.6. The van der Waals surface area contributed by atoms with Gasteiger partial charge in [0.2, 0.25) is 5.91 Å². The molecule has 0 atom stereocenters. The third-order valence-electron chi connectivity index (χ3n) is 2.54. The van der Waals surface area contributed by atoms with Crippen molar-refractivity contribution in [1.82, 2.24) is 14.9 Å². The molecule has 0 saturated carbocycles. The van der Waals surface area contributed by atoms with E-state index in [9.17, 15) is 4.79 Å². The van der Waals surface area contributed by atoms with E-state index in [0.29, 0.717) is 18.9 Å². The lowest BCUT2D eigenvalue weighted by molar-refractivity contribution is -0.118. The highest BCUT2D eigenvalue weighted by Crippen LogP contribution is 2.19. The molecular weight excluding hydrogens is 180 g/mol. The number of carbonyl (C=O) groups is 1. The topological polar surface area (TPSA) is 72.9 Å². The second-order valence-corrected chi connectivity index (χ2v) is 3.58. The summed E-state index contributed by atoms with van der Waals surface area (Å²) in [6.07, 6.45) is 4.01. The first kappa shape index (κ1) is 9.21. The molecule has 0 radical (unpaired) electrons. The van der Waals surface area contributed by atoms with Crippen molar-refractivity contribution in [2.24, 2.45) is 5.73 Å². The number of nitrogens with two attached hydrogens (primary N) is 1. The van der Waals surface area contributed by atoms with Crippen molar-refractivity contribution in [3.8, 4) is 0 Å². The summed E-state index contributed by atoms with van der Waals surface area (Å²) in [5.74, 6) is 0.279. The first-order valence-corrected chi connectivity index (χ1v) is 4.76. The van der Waals surface area contributed by atoms with Crippen LogP contribution in [0.25, 0.3) is 0 Å². The Kier molecular flexibility index (Phi) is 2.49. The third kappa shape index (κ3) is 1.77. The third-order valence-corrected chi connectivity index (χ3v) is 2.54. The van der Waals surface area contributed by atoms with E-state index < -0.39 is 0 Å². The Balaban J connectivity index is 2.01. The molecule has 0 spiro atoms. The molecule has 1 aliphatic rings. The molecule has 1 aliphatic heterocycles. The van der Waals surface area contributed by atoms with Crippen molar-refractivity contribution >= 4 is 5.91 Å². The summed E-state index contributed by atoms with van der Waals surface area (Å²) in [5.41, 5.74) is 6.30. The maximum Gasteiger partial charge on any atom is 0.219 e. The van der Waals surface area contributed by atoms with Crippen molar-refractivity contribution in [2.75, 3.05) is 13.1 Å². The predicted octanol–water partition coefficient (Wildman–Crippen LogP) is -0.555. The molecule has 2 rings (SSSR count). The van der Waals surface area contributed by atoms with Gasteiger partial charge in [-0.2, -0.15) is 0 Å². The Morgan fingerprint density at radius 3 is 3.07 bits per heavy atom. The number of primary amides is 1. The van der Waals surface area contributed by atoms with E-state index in [-0.39, 0.29) is 5.91 Å². The number of hydrogen-bond donors (Lipinski definition) is 2. The van der Waals surface area contributed by atoms with Gasteiger partial charge in [-0.15, -0.1) is 0 Å². The normalized spacial score (nSPS) is 16.6. The van der Waals surface area contributed by atoms with Crippen molar-refractivity contribution in [3.05, 3.63) is 18.2 Å². The molecular formula is C9H14N4O. The van der Waals surface area contributed by atoms with Gasteiger partial charge in [-0.05, 0) is 0 Å². The van der Waals surface area contributed by atoms with Gasteiger partial charge in [0, 0.05) is 43.9 Å². The fourth-order valence-corrected chi connectivity index (χ4v) is 1.59. The summed E-state index contributed by atoms with van der Waals surface area (Å²) < 4.78 is 2.01. The van der Waals surface area contributed by atoms with Crippen LogP contribution in [0.1, 0.15) is 18.0 Å². The molecule has 0 aliphatic carbocycles. The number of nitrogens with zero attached hydrogens (tertiary/aromatic N) is 2. The van der Waals surface area contributed by atoms with Gasteiger partial charge in [-0.1, -0.05) is 0 Å². The van der Waals surface area contributed by atoms with Crippen LogP contribution in [0.2, 0.25) is 0 Å². The lowest BCUT2D eigenvalue weighted by atomic mass is 10.00. The molecule has 1 aromatic rings.